The van der Waals surface area contributed by atoms with E-state index in [1.165, 1.54) is 5.56 Å². The molecule has 1 amide bonds. The minimum absolute atomic E-state index is 0.0972. The van der Waals surface area contributed by atoms with Crippen LogP contribution in [-0.4, -0.2) is 58.4 Å². The van der Waals surface area contributed by atoms with Crippen molar-refractivity contribution < 1.29 is 15.0 Å². The molecule has 1 aromatic carbocycles. The minimum atomic E-state index is -0.911. The molecule has 23 heavy (non-hydrogen) atoms. The summed E-state index contributed by atoms with van der Waals surface area (Å²) < 4.78 is 0. The van der Waals surface area contributed by atoms with Gasteiger partial charge in [-0.1, -0.05) is 37.3 Å². The van der Waals surface area contributed by atoms with E-state index in [2.05, 4.69) is 22.3 Å². The van der Waals surface area contributed by atoms with Crippen LogP contribution in [0.3, 0.4) is 0 Å². The molecule has 0 spiro atoms. The number of carbonyl (C=O) groups excluding carboxylic acids is 1. The molecule has 5 heteroatoms. The van der Waals surface area contributed by atoms with Crippen molar-refractivity contribution in [3.63, 3.8) is 0 Å². The van der Waals surface area contributed by atoms with Crippen molar-refractivity contribution in [3.05, 3.63) is 35.9 Å². The number of aliphatic hydroxyl groups is 2. The lowest BCUT2D eigenvalue weighted by atomic mass is 9.92. The number of carbonyl (C=O) groups is 1. The van der Waals surface area contributed by atoms with Gasteiger partial charge in [-0.3, -0.25) is 9.69 Å². The molecular formula is C18H28N2O3. The van der Waals surface area contributed by atoms with Crippen LogP contribution >= 0.6 is 0 Å². The number of likely N-dealkylation sites (tertiary alicyclic amines) is 1. The lowest BCUT2D eigenvalue weighted by molar-refractivity contribution is -0.127. The Morgan fingerprint density at radius 2 is 1.96 bits per heavy atom. The molecule has 4 atom stereocenters. The summed E-state index contributed by atoms with van der Waals surface area (Å²) >= 11 is 0. The second-order valence-electron chi connectivity index (χ2n) is 6.33. The van der Waals surface area contributed by atoms with E-state index in [1.807, 2.05) is 25.1 Å². The zero-order valence-corrected chi connectivity index (χ0v) is 14.0. The van der Waals surface area contributed by atoms with Crippen LogP contribution in [-0.2, 0) is 11.2 Å². The van der Waals surface area contributed by atoms with Crippen LogP contribution in [0.2, 0.25) is 0 Å². The molecular weight excluding hydrogens is 292 g/mol. The van der Waals surface area contributed by atoms with Crippen LogP contribution in [0.1, 0.15) is 32.3 Å². The normalized spacial score (nSPS) is 28.5. The maximum atomic E-state index is 11.6. The average molecular weight is 320 g/mol. The summed E-state index contributed by atoms with van der Waals surface area (Å²) in [5, 5.41) is 23.2. The molecule has 0 aliphatic carbocycles. The minimum Gasteiger partial charge on any atom is -0.389 e. The van der Waals surface area contributed by atoms with Crippen LogP contribution in [0.15, 0.2) is 30.3 Å². The zero-order chi connectivity index (χ0) is 16.8. The van der Waals surface area contributed by atoms with Crippen molar-refractivity contribution >= 4 is 5.91 Å². The number of aryl methyl sites for hydroxylation is 1. The summed E-state index contributed by atoms with van der Waals surface area (Å²) in [5.74, 6) is -0.0972. The molecule has 1 aromatic rings. The molecule has 1 saturated heterocycles. The molecule has 4 unspecified atom stereocenters. The van der Waals surface area contributed by atoms with Crippen LogP contribution in [0, 0.1) is 0 Å². The first-order chi connectivity index (χ1) is 11.0. The van der Waals surface area contributed by atoms with Crippen LogP contribution in [0.25, 0.3) is 0 Å². The molecule has 3 N–H and O–H groups in total. The van der Waals surface area contributed by atoms with E-state index < -0.39 is 18.2 Å². The van der Waals surface area contributed by atoms with Crippen LogP contribution in [0.4, 0.5) is 0 Å². The number of hydrogen-bond donors (Lipinski definition) is 3. The Bertz CT molecular complexity index is 494. The molecule has 1 aliphatic rings. The van der Waals surface area contributed by atoms with Gasteiger partial charge in [0.25, 0.3) is 0 Å². The van der Waals surface area contributed by atoms with Gasteiger partial charge in [0.2, 0.25) is 5.91 Å². The number of benzene rings is 1. The van der Waals surface area contributed by atoms with Crippen molar-refractivity contribution in [2.45, 2.75) is 57.4 Å². The highest BCUT2D eigenvalue weighted by atomic mass is 16.3. The molecule has 0 aromatic heterocycles. The zero-order valence-electron chi connectivity index (χ0n) is 14.0. The Labute approximate surface area is 138 Å². The van der Waals surface area contributed by atoms with Gasteiger partial charge in [0.1, 0.15) is 6.10 Å². The highest BCUT2D eigenvalue weighted by Gasteiger charge is 2.39. The lowest BCUT2D eigenvalue weighted by Crippen LogP contribution is -2.64. The fraction of sp³-hybridized carbons (Fsp3) is 0.611. The quantitative estimate of drug-likeness (QED) is 0.729. The van der Waals surface area contributed by atoms with Crippen molar-refractivity contribution in [3.8, 4) is 0 Å². The van der Waals surface area contributed by atoms with Gasteiger partial charge >= 0.3 is 0 Å². The monoisotopic (exact) mass is 320 g/mol. The fourth-order valence-electron chi connectivity index (χ4n) is 3.13. The molecule has 128 valence electrons. The first-order valence-corrected chi connectivity index (χ1v) is 8.46. The van der Waals surface area contributed by atoms with E-state index in [0.717, 1.165) is 19.4 Å². The summed E-state index contributed by atoms with van der Waals surface area (Å²) in [4.78, 5) is 13.8. The third-order valence-electron chi connectivity index (χ3n) is 4.68. The van der Waals surface area contributed by atoms with Gasteiger partial charge in [-0.25, -0.2) is 0 Å². The number of piperidine rings is 1. The molecule has 5 nitrogen and oxygen atoms in total. The summed E-state index contributed by atoms with van der Waals surface area (Å²) in [7, 11) is 0. The van der Waals surface area contributed by atoms with E-state index >= 15 is 0 Å². The smallest absolute Gasteiger partial charge is 0.220 e. The lowest BCUT2D eigenvalue weighted by Gasteiger charge is -2.44. The summed E-state index contributed by atoms with van der Waals surface area (Å²) in [6.07, 6.45) is 0.580. The van der Waals surface area contributed by atoms with Crippen molar-refractivity contribution in [1.82, 2.24) is 10.2 Å². The molecule has 0 saturated carbocycles. The number of nitrogens with one attached hydrogen (secondary N) is 1. The van der Waals surface area contributed by atoms with E-state index in [-0.39, 0.29) is 11.9 Å². The highest BCUT2D eigenvalue weighted by Crippen LogP contribution is 2.19. The summed E-state index contributed by atoms with van der Waals surface area (Å²) in [5.41, 5.74) is 1.30. The molecule has 1 heterocycles. The third-order valence-corrected chi connectivity index (χ3v) is 4.68. The molecule has 2 rings (SSSR count). The van der Waals surface area contributed by atoms with Gasteiger partial charge in [-0.15, -0.1) is 0 Å². The Kier molecular flexibility index (Phi) is 6.57. The number of hydrogen-bond acceptors (Lipinski definition) is 4. The Morgan fingerprint density at radius 1 is 1.26 bits per heavy atom. The van der Waals surface area contributed by atoms with Crippen LogP contribution in [0.5, 0.6) is 0 Å². The number of amides is 1. The highest BCUT2D eigenvalue weighted by molar-refractivity contribution is 5.75. The standard InChI is InChI=1S/C18H28N2O3/c1-3-16(21)19-15-12-20(13(2)17(22)18(15)23)11-7-10-14-8-5-4-6-9-14/h4-6,8-9,13,15,17-18,22-23H,3,7,10-12H2,1-2H3,(H,19,21). The number of nitrogens with zero attached hydrogens (tertiary/aromatic N) is 1. The third kappa shape index (κ3) is 4.77. The van der Waals surface area contributed by atoms with Crippen molar-refractivity contribution in [1.29, 1.82) is 0 Å². The van der Waals surface area contributed by atoms with E-state index in [9.17, 15) is 15.0 Å². The second kappa shape index (κ2) is 8.43. The Balaban J connectivity index is 1.90. The largest absolute Gasteiger partial charge is 0.389 e. The maximum Gasteiger partial charge on any atom is 0.220 e. The molecule has 1 fully saturated rings. The van der Waals surface area contributed by atoms with Crippen molar-refractivity contribution in [2.24, 2.45) is 0 Å². The van der Waals surface area contributed by atoms with Gasteiger partial charge in [0, 0.05) is 19.0 Å². The van der Waals surface area contributed by atoms with E-state index in [0.29, 0.717) is 13.0 Å². The van der Waals surface area contributed by atoms with Gasteiger partial charge in [0.05, 0.1) is 12.1 Å². The number of aliphatic hydroxyl groups excluding tert-OH is 2. The average Bonchev–Trinajstić information content (AvgIpc) is 2.57. The van der Waals surface area contributed by atoms with Gasteiger partial charge in [0.15, 0.2) is 0 Å². The topological polar surface area (TPSA) is 72.8 Å². The number of rotatable bonds is 6. The molecule has 0 radical (unpaired) electrons. The van der Waals surface area contributed by atoms with Crippen molar-refractivity contribution in [2.75, 3.05) is 13.1 Å². The Hall–Kier alpha value is -1.43. The molecule has 0 bridgehead atoms. The SMILES string of the molecule is CCC(=O)NC1CN(CCCc2ccccc2)C(C)C(O)C1O. The van der Waals surface area contributed by atoms with Gasteiger partial charge in [-0.2, -0.15) is 0 Å². The first kappa shape index (κ1) is 17.9. The predicted octanol–water partition coefficient (Wildman–Crippen LogP) is 0.940. The fourth-order valence-corrected chi connectivity index (χ4v) is 3.13. The first-order valence-electron chi connectivity index (χ1n) is 8.46. The van der Waals surface area contributed by atoms with Crippen LogP contribution < -0.4 is 5.32 Å². The summed E-state index contributed by atoms with van der Waals surface area (Å²) in [6.45, 7) is 5.10. The van der Waals surface area contributed by atoms with E-state index in [1.54, 1.807) is 6.92 Å². The van der Waals surface area contributed by atoms with E-state index in [4.69, 9.17) is 0 Å². The maximum absolute atomic E-state index is 11.6. The molecule has 1 aliphatic heterocycles. The Morgan fingerprint density at radius 3 is 2.61 bits per heavy atom. The van der Waals surface area contributed by atoms with Gasteiger partial charge in [-0.05, 0) is 31.9 Å². The van der Waals surface area contributed by atoms with Gasteiger partial charge < -0.3 is 15.5 Å². The summed E-state index contributed by atoms with van der Waals surface area (Å²) in [6, 6.07) is 9.78. The second-order valence-corrected chi connectivity index (χ2v) is 6.33. The predicted molar refractivity (Wildman–Crippen MR) is 90.0 cm³/mol.